The maximum Gasteiger partial charge on any atom is 0.356 e. The summed E-state index contributed by atoms with van der Waals surface area (Å²) in [6.07, 6.45) is 2.58. The topological polar surface area (TPSA) is 143 Å². The number of carbonyl (C=O) groups is 1. The fourth-order valence-electron chi connectivity index (χ4n) is 5.35. The van der Waals surface area contributed by atoms with Crippen molar-refractivity contribution in [2.75, 3.05) is 23.7 Å². The molecule has 1 amide bonds. The molecule has 42 heavy (non-hydrogen) atoms. The minimum atomic E-state index is -0.747. The number of pyridine rings is 1. The van der Waals surface area contributed by atoms with Gasteiger partial charge in [-0.3, -0.25) is 4.79 Å². The number of halogens is 2. The Morgan fingerprint density at radius 1 is 1.21 bits per heavy atom. The Hall–Kier alpha value is -4.58. The highest BCUT2D eigenvalue weighted by atomic mass is 35.5. The average Bonchev–Trinajstić information content (AvgIpc) is 2.94. The summed E-state index contributed by atoms with van der Waals surface area (Å²) >= 11 is 6.71. The summed E-state index contributed by atoms with van der Waals surface area (Å²) in [6, 6.07) is 4.92. The molecule has 0 radical (unpaired) electrons. The molecule has 4 aromatic rings. The van der Waals surface area contributed by atoms with Crippen LogP contribution in [0.25, 0.3) is 28.0 Å². The van der Waals surface area contributed by atoms with E-state index < -0.39 is 11.5 Å². The summed E-state index contributed by atoms with van der Waals surface area (Å²) in [5.41, 5.74) is 6.04. The Kier molecular flexibility index (Phi) is 7.58. The maximum absolute atomic E-state index is 15.0. The van der Waals surface area contributed by atoms with Crippen LogP contribution >= 0.6 is 11.6 Å². The Balaban J connectivity index is 1.85. The average molecular weight is 593 g/mol. The predicted molar refractivity (Wildman–Crippen MR) is 159 cm³/mol. The second-order valence-corrected chi connectivity index (χ2v) is 11.0. The van der Waals surface area contributed by atoms with Crippen LogP contribution in [0.5, 0.6) is 5.75 Å². The van der Waals surface area contributed by atoms with Gasteiger partial charge in [0.1, 0.15) is 29.4 Å². The van der Waals surface area contributed by atoms with Gasteiger partial charge in [-0.2, -0.15) is 4.98 Å². The minimum absolute atomic E-state index is 0.0252. The van der Waals surface area contributed by atoms with Gasteiger partial charge in [-0.15, -0.1) is 0 Å². The summed E-state index contributed by atoms with van der Waals surface area (Å²) in [5, 5.41) is 10.9. The first-order chi connectivity index (χ1) is 19.9. The largest absolute Gasteiger partial charge is 0.507 e. The van der Waals surface area contributed by atoms with Gasteiger partial charge in [-0.05, 0) is 44.0 Å². The number of nitrogens with zero attached hydrogens (tertiary/aromatic N) is 7. The number of aromatic nitrogens is 5. The van der Waals surface area contributed by atoms with Crippen molar-refractivity contribution >= 4 is 40.2 Å². The van der Waals surface area contributed by atoms with Crippen LogP contribution in [-0.2, 0) is 4.79 Å². The Morgan fingerprint density at radius 2 is 1.95 bits per heavy atom. The van der Waals surface area contributed by atoms with E-state index in [2.05, 4.69) is 26.5 Å². The first kappa shape index (κ1) is 28.9. The van der Waals surface area contributed by atoms with E-state index in [-0.39, 0.29) is 68.9 Å². The number of phenolic OH excluding ortho intramolecular Hbond substituents is 1. The molecule has 5 rings (SSSR count). The molecule has 1 aromatic carbocycles. The number of anilines is 2. The number of aromatic hydroxyl groups is 1. The number of hydrogen-bond donors (Lipinski definition) is 2. The standard InChI is InChI=1S/C29H30ClFN8O3/c1-6-21(41)37-11-16(5)38(12-15(37)4)27-17-10-18(30)24(22-19(31)8-7-9-20(22)40)35-28(17)39(29(42)36-27)25-23(14(2)3)33-13-34-26(25)32/h6-10,13-16,40H,1,11-12H2,2-5H3,(H2,32,33,34)/t15-,16+/m1/s1. The first-order valence-corrected chi connectivity index (χ1v) is 13.7. The molecule has 13 heteroatoms. The highest BCUT2D eigenvalue weighted by Crippen LogP contribution is 2.39. The molecule has 4 heterocycles. The predicted octanol–water partition coefficient (Wildman–Crippen LogP) is 4.05. The number of amides is 1. The van der Waals surface area contributed by atoms with Crippen molar-refractivity contribution in [1.82, 2.24) is 29.4 Å². The third-order valence-corrected chi connectivity index (χ3v) is 7.68. The van der Waals surface area contributed by atoms with E-state index >= 15 is 4.39 Å². The number of benzene rings is 1. The van der Waals surface area contributed by atoms with Crippen LogP contribution in [0.1, 0.15) is 39.3 Å². The fourth-order valence-corrected chi connectivity index (χ4v) is 5.60. The number of nitrogen functional groups attached to an aromatic ring is 1. The molecule has 0 unspecified atom stereocenters. The van der Waals surface area contributed by atoms with E-state index in [0.717, 1.165) is 0 Å². The maximum atomic E-state index is 15.0. The van der Waals surface area contributed by atoms with E-state index in [9.17, 15) is 14.7 Å². The van der Waals surface area contributed by atoms with Gasteiger partial charge in [0.25, 0.3) is 0 Å². The molecule has 218 valence electrons. The number of rotatable bonds is 5. The van der Waals surface area contributed by atoms with Crippen LogP contribution in [-0.4, -0.2) is 65.6 Å². The van der Waals surface area contributed by atoms with Gasteiger partial charge < -0.3 is 20.6 Å². The Morgan fingerprint density at radius 3 is 2.62 bits per heavy atom. The van der Waals surface area contributed by atoms with Crippen molar-refractivity contribution in [3.8, 4) is 22.7 Å². The van der Waals surface area contributed by atoms with Crippen LogP contribution < -0.4 is 16.3 Å². The number of fused-ring (bicyclic) bond motifs is 1. The van der Waals surface area contributed by atoms with Crippen molar-refractivity contribution in [2.24, 2.45) is 0 Å². The summed E-state index contributed by atoms with van der Waals surface area (Å²) in [7, 11) is 0. The Labute approximate surface area is 246 Å². The number of piperazine rings is 1. The molecule has 1 aliphatic heterocycles. The van der Waals surface area contributed by atoms with E-state index in [1.165, 1.54) is 41.2 Å². The van der Waals surface area contributed by atoms with Crippen LogP contribution in [0.4, 0.5) is 16.0 Å². The van der Waals surface area contributed by atoms with Gasteiger partial charge in [0, 0.05) is 25.2 Å². The zero-order valence-corrected chi connectivity index (χ0v) is 24.3. The fraction of sp³-hybridized carbons (Fsp3) is 0.310. The number of hydrogen-bond acceptors (Lipinski definition) is 9. The van der Waals surface area contributed by atoms with Gasteiger partial charge >= 0.3 is 5.69 Å². The molecule has 3 N–H and O–H groups in total. The van der Waals surface area contributed by atoms with E-state index in [4.69, 9.17) is 17.3 Å². The summed E-state index contributed by atoms with van der Waals surface area (Å²) in [4.78, 5) is 47.6. The van der Waals surface area contributed by atoms with E-state index in [0.29, 0.717) is 24.2 Å². The van der Waals surface area contributed by atoms with Crippen molar-refractivity contribution in [2.45, 2.75) is 45.7 Å². The lowest BCUT2D eigenvalue weighted by Crippen LogP contribution is -2.58. The van der Waals surface area contributed by atoms with Gasteiger partial charge in [-0.1, -0.05) is 38.1 Å². The smallest absolute Gasteiger partial charge is 0.356 e. The lowest BCUT2D eigenvalue weighted by atomic mass is 10.1. The number of carbonyl (C=O) groups excluding carboxylic acids is 1. The quantitative estimate of drug-likeness (QED) is 0.328. The molecule has 0 bridgehead atoms. The van der Waals surface area contributed by atoms with Crippen molar-refractivity contribution in [3.05, 3.63) is 70.3 Å². The minimum Gasteiger partial charge on any atom is -0.507 e. The molecule has 11 nitrogen and oxygen atoms in total. The van der Waals surface area contributed by atoms with Gasteiger partial charge in [0.15, 0.2) is 11.5 Å². The molecule has 2 atom stereocenters. The normalized spacial score (nSPS) is 17.2. The molecule has 1 aliphatic rings. The second kappa shape index (κ2) is 11.0. The molecule has 1 saturated heterocycles. The van der Waals surface area contributed by atoms with Crippen molar-refractivity contribution in [1.29, 1.82) is 0 Å². The summed E-state index contributed by atoms with van der Waals surface area (Å²) in [6.45, 7) is 11.9. The van der Waals surface area contributed by atoms with Crippen LogP contribution in [0, 0.1) is 5.82 Å². The second-order valence-electron chi connectivity index (χ2n) is 10.6. The number of phenols is 1. The Bertz CT molecular complexity index is 1770. The summed E-state index contributed by atoms with van der Waals surface area (Å²) < 4.78 is 16.2. The zero-order chi connectivity index (χ0) is 30.5. The lowest BCUT2D eigenvalue weighted by molar-refractivity contribution is -0.128. The zero-order valence-electron chi connectivity index (χ0n) is 23.5. The SMILES string of the molecule is C=CC(=O)N1C[C@H](C)N(c2nc(=O)n(-c3c(N)ncnc3C(C)C)c3nc(-c4c(O)cccc4F)c(Cl)cc23)C[C@H]1C. The van der Waals surface area contributed by atoms with Crippen LogP contribution in [0.15, 0.2) is 48.0 Å². The number of nitrogens with two attached hydrogens (primary N) is 1. The van der Waals surface area contributed by atoms with Crippen LogP contribution in [0.3, 0.4) is 0 Å². The highest BCUT2D eigenvalue weighted by molar-refractivity contribution is 6.34. The van der Waals surface area contributed by atoms with Gasteiger partial charge in [-0.25, -0.2) is 28.7 Å². The third-order valence-electron chi connectivity index (χ3n) is 7.39. The molecule has 3 aromatic heterocycles. The van der Waals surface area contributed by atoms with Gasteiger partial charge in [0.2, 0.25) is 5.91 Å². The summed E-state index contributed by atoms with van der Waals surface area (Å²) in [5.74, 6) is -1.16. The molecule has 0 spiro atoms. The monoisotopic (exact) mass is 592 g/mol. The molecule has 0 aliphatic carbocycles. The van der Waals surface area contributed by atoms with Crippen LogP contribution in [0.2, 0.25) is 5.02 Å². The lowest BCUT2D eigenvalue weighted by Gasteiger charge is -2.44. The first-order valence-electron chi connectivity index (χ1n) is 13.4. The molecule has 1 fully saturated rings. The molecular formula is C29H30ClFN8O3. The van der Waals surface area contributed by atoms with E-state index in [1.807, 2.05) is 32.6 Å². The molecular weight excluding hydrogens is 563 g/mol. The molecule has 0 saturated carbocycles. The third kappa shape index (κ3) is 4.81. The van der Waals surface area contributed by atoms with Gasteiger partial charge in [0.05, 0.1) is 27.4 Å². The van der Waals surface area contributed by atoms with E-state index in [1.54, 1.807) is 4.90 Å². The van der Waals surface area contributed by atoms with Crippen molar-refractivity contribution in [3.63, 3.8) is 0 Å². The highest BCUT2D eigenvalue weighted by Gasteiger charge is 2.34. The van der Waals surface area contributed by atoms with Crippen molar-refractivity contribution < 1.29 is 14.3 Å².